The van der Waals surface area contributed by atoms with Gasteiger partial charge in [-0.25, -0.2) is 23.1 Å². The number of hydrogen-bond donors (Lipinski definition) is 1. The number of pyridine rings is 1. The van der Waals surface area contributed by atoms with E-state index in [1.807, 2.05) is 0 Å². The Morgan fingerprint density at radius 3 is 2.47 bits per heavy atom. The summed E-state index contributed by atoms with van der Waals surface area (Å²) >= 11 is 0. The Balaban J connectivity index is 1.79. The molecule has 3 aromatic rings. The summed E-state index contributed by atoms with van der Waals surface area (Å²) in [5.74, 6) is -1.08. The Labute approximate surface area is 178 Å². The number of aryl methyl sites for hydroxylation is 1. The van der Waals surface area contributed by atoms with Crippen molar-refractivity contribution in [2.45, 2.75) is 50.9 Å². The minimum Gasteiger partial charge on any atom is -0.363 e. The first-order valence-electron chi connectivity index (χ1n) is 9.76. The maximum absolute atomic E-state index is 14.6. The Bertz CT molecular complexity index is 1250. The Kier molecular flexibility index (Phi) is 5.17. The highest BCUT2D eigenvalue weighted by Gasteiger charge is 2.53. The van der Waals surface area contributed by atoms with E-state index in [1.54, 1.807) is 0 Å². The Hall–Kier alpha value is -3.11. The van der Waals surface area contributed by atoms with Gasteiger partial charge >= 0.3 is 6.18 Å². The largest absolute Gasteiger partial charge is 0.419 e. The van der Waals surface area contributed by atoms with Crippen LogP contribution in [0.5, 0.6) is 0 Å². The second-order valence-electron chi connectivity index (χ2n) is 7.88. The number of benzene rings is 1. The van der Waals surface area contributed by atoms with E-state index in [-0.39, 0.29) is 41.0 Å². The van der Waals surface area contributed by atoms with Crippen molar-refractivity contribution in [1.82, 2.24) is 14.5 Å². The third-order valence-corrected chi connectivity index (χ3v) is 5.64. The van der Waals surface area contributed by atoms with Crippen LogP contribution in [0, 0.1) is 12.7 Å². The van der Waals surface area contributed by atoms with E-state index in [2.05, 4.69) is 15.3 Å². The first-order chi connectivity index (χ1) is 14.9. The average molecular weight is 456 g/mol. The highest BCUT2D eigenvalue weighted by molar-refractivity contribution is 5.88. The van der Waals surface area contributed by atoms with Gasteiger partial charge in [0.15, 0.2) is 0 Å². The fourth-order valence-corrected chi connectivity index (χ4v) is 3.76. The number of nitrogens with zero attached hydrogens (tertiary/aromatic N) is 3. The van der Waals surface area contributed by atoms with Gasteiger partial charge < -0.3 is 9.88 Å². The van der Waals surface area contributed by atoms with Crippen molar-refractivity contribution in [3.05, 3.63) is 63.6 Å². The van der Waals surface area contributed by atoms with E-state index in [1.165, 1.54) is 26.1 Å². The van der Waals surface area contributed by atoms with E-state index in [9.17, 15) is 31.1 Å². The van der Waals surface area contributed by atoms with Crippen LogP contribution in [0.3, 0.4) is 0 Å². The molecule has 1 fully saturated rings. The van der Waals surface area contributed by atoms with Gasteiger partial charge in [0.1, 0.15) is 23.0 Å². The minimum atomic E-state index is -4.86. The maximum atomic E-state index is 14.6. The Morgan fingerprint density at radius 2 is 1.88 bits per heavy atom. The smallest absolute Gasteiger partial charge is 0.363 e. The van der Waals surface area contributed by atoms with Gasteiger partial charge in [0.25, 0.3) is 12.0 Å². The van der Waals surface area contributed by atoms with Crippen LogP contribution in [0.15, 0.2) is 35.3 Å². The van der Waals surface area contributed by atoms with Crippen LogP contribution in [-0.4, -0.2) is 21.0 Å². The van der Waals surface area contributed by atoms with Gasteiger partial charge in [0.05, 0.1) is 22.5 Å². The molecule has 0 saturated heterocycles. The molecule has 0 spiro atoms. The summed E-state index contributed by atoms with van der Waals surface area (Å²) in [5, 5.41) is 3.07. The van der Waals surface area contributed by atoms with E-state index in [0.29, 0.717) is 6.07 Å². The second kappa shape index (κ2) is 7.49. The SMILES string of the molecule is Cc1nc(NC(C)c2cccc(C(F)(F)F)c2F)c2cn(C3(C(F)F)CC3)c(=O)cc2n1. The predicted octanol–water partition coefficient (Wildman–Crippen LogP) is 5.19. The molecular formula is C21H18F6N4O. The Morgan fingerprint density at radius 1 is 1.19 bits per heavy atom. The number of alkyl halides is 5. The summed E-state index contributed by atoms with van der Waals surface area (Å²) in [6.07, 6.45) is -6.11. The van der Waals surface area contributed by atoms with Crippen LogP contribution in [0.1, 0.15) is 42.8 Å². The third-order valence-electron chi connectivity index (χ3n) is 5.64. The fourth-order valence-electron chi connectivity index (χ4n) is 3.76. The number of fused-ring (bicyclic) bond motifs is 1. The highest BCUT2D eigenvalue weighted by Crippen LogP contribution is 2.48. The molecule has 32 heavy (non-hydrogen) atoms. The van der Waals surface area contributed by atoms with Crippen LogP contribution in [-0.2, 0) is 11.7 Å². The van der Waals surface area contributed by atoms with Gasteiger partial charge in [-0.1, -0.05) is 12.1 Å². The van der Waals surface area contributed by atoms with Crippen molar-refractivity contribution >= 4 is 16.7 Å². The monoisotopic (exact) mass is 456 g/mol. The average Bonchev–Trinajstić information content (AvgIpc) is 3.48. The number of aromatic nitrogens is 3. The van der Waals surface area contributed by atoms with Crippen molar-refractivity contribution in [3.63, 3.8) is 0 Å². The van der Waals surface area contributed by atoms with Crippen molar-refractivity contribution in [2.75, 3.05) is 5.32 Å². The van der Waals surface area contributed by atoms with E-state index < -0.39 is 41.1 Å². The molecule has 2 heterocycles. The maximum Gasteiger partial charge on any atom is 0.419 e. The number of anilines is 1. The summed E-state index contributed by atoms with van der Waals surface area (Å²) < 4.78 is 81.9. The molecule has 11 heteroatoms. The molecule has 1 aliphatic rings. The quantitative estimate of drug-likeness (QED) is 0.538. The summed E-state index contributed by atoms with van der Waals surface area (Å²) in [4.78, 5) is 20.8. The first-order valence-corrected chi connectivity index (χ1v) is 9.76. The molecule has 5 nitrogen and oxygen atoms in total. The van der Waals surface area contributed by atoms with Gasteiger partial charge in [0, 0.05) is 17.8 Å². The standard InChI is InChI=1S/C21H18F6N4O/c1-10(12-4-3-5-14(17(12)22)21(25,26)27)28-18-13-9-31(20(6-7-20)19(23)24)16(32)8-15(13)29-11(2)30-18/h3-5,8-10,19H,6-7H2,1-2H3,(H,28,29,30). The van der Waals surface area contributed by atoms with Crippen molar-refractivity contribution in [3.8, 4) is 0 Å². The van der Waals surface area contributed by atoms with Gasteiger partial charge in [-0.3, -0.25) is 4.79 Å². The molecule has 4 rings (SSSR count). The molecule has 0 aliphatic heterocycles. The predicted molar refractivity (Wildman–Crippen MR) is 105 cm³/mol. The van der Waals surface area contributed by atoms with E-state index >= 15 is 0 Å². The topological polar surface area (TPSA) is 59.8 Å². The normalized spacial score (nSPS) is 16.4. The lowest BCUT2D eigenvalue weighted by molar-refractivity contribution is -0.140. The molecule has 1 unspecified atom stereocenters. The molecule has 1 N–H and O–H groups in total. The molecule has 2 aromatic heterocycles. The second-order valence-corrected chi connectivity index (χ2v) is 7.88. The van der Waals surface area contributed by atoms with Gasteiger partial charge in [-0.2, -0.15) is 13.2 Å². The van der Waals surface area contributed by atoms with Crippen LogP contribution in [0.4, 0.5) is 32.2 Å². The molecule has 170 valence electrons. The van der Waals surface area contributed by atoms with Gasteiger partial charge in [-0.05, 0) is 32.8 Å². The first kappa shape index (κ1) is 22.1. The lowest BCUT2D eigenvalue weighted by Gasteiger charge is -2.21. The van der Waals surface area contributed by atoms with Crippen molar-refractivity contribution in [2.24, 2.45) is 0 Å². The summed E-state index contributed by atoms with van der Waals surface area (Å²) in [6, 6.07) is 3.12. The molecule has 1 aromatic carbocycles. The summed E-state index contributed by atoms with van der Waals surface area (Å²) in [7, 11) is 0. The van der Waals surface area contributed by atoms with Gasteiger partial charge in [-0.15, -0.1) is 0 Å². The van der Waals surface area contributed by atoms with Gasteiger partial charge in [0.2, 0.25) is 0 Å². The van der Waals surface area contributed by atoms with E-state index in [0.717, 1.165) is 16.7 Å². The number of hydrogen-bond acceptors (Lipinski definition) is 4. The minimum absolute atomic E-state index is 0.0932. The number of rotatable bonds is 5. The molecule has 0 radical (unpaired) electrons. The van der Waals surface area contributed by atoms with Crippen LogP contribution in [0.2, 0.25) is 0 Å². The lowest BCUT2D eigenvalue weighted by Crippen LogP contribution is -2.35. The third kappa shape index (κ3) is 3.69. The summed E-state index contributed by atoms with van der Waals surface area (Å²) in [5.41, 5.74) is -3.69. The van der Waals surface area contributed by atoms with Crippen molar-refractivity contribution in [1.29, 1.82) is 0 Å². The zero-order valence-corrected chi connectivity index (χ0v) is 17.0. The highest BCUT2D eigenvalue weighted by atomic mass is 19.4. The number of halogens is 6. The molecular weight excluding hydrogens is 438 g/mol. The fraction of sp³-hybridized carbons (Fsp3) is 0.381. The molecule has 1 aliphatic carbocycles. The zero-order chi connectivity index (χ0) is 23.4. The summed E-state index contributed by atoms with van der Waals surface area (Å²) in [6.45, 7) is 2.98. The van der Waals surface area contributed by atoms with Crippen LogP contribution < -0.4 is 10.9 Å². The molecule has 1 saturated carbocycles. The lowest BCUT2D eigenvalue weighted by atomic mass is 10.0. The number of nitrogens with one attached hydrogen (secondary N) is 1. The molecule has 0 bridgehead atoms. The molecule has 0 amide bonds. The van der Waals surface area contributed by atoms with Crippen LogP contribution >= 0.6 is 0 Å². The van der Waals surface area contributed by atoms with Crippen LogP contribution in [0.25, 0.3) is 10.9 Å². The molecule has 1 atom stereocenters. The zero-order valence-electron chi connectivity index (χ0n) is 17.0. The van der Waals surface area contributed by atoms with E-state index in [4.69, 9.17) is 0 Å². The van der Waals surface area contributed by atoms with Crippen molar-refractivity contribution < 1.29 is 26.3 Å².